The summed E-state index contributed by atoms with van der Waals surface area (Å²) in [6.45, 7) is 3.46. The second-order valence-electron chi connectivity index (χ2n) is 4.20. The molecule has 0 saturated heterocycles. The van der Waals surface area contributed by atoms with Crippen LogP contribution in [-0.2, 0) is 6.54 Å². The third kappa shape index (κ3) is 2.96. The van der Waals surface area contributed by atoms with Crippen molar-refractivity contribution < 1.29 is 13.2 Å². The Labute approximate surface area is 110 Å². The zero-order valence-corrected chi connectivity index (χ0v) is 10.5. The van der Waals surface area contributed by atoms with Crippen LogP contribution in [-0.4, -0.2) is 6.54 Å². The summed E-state index contributed by atoms with van der Waals surface area (Å²) in [4.78, 5) is 0. The second-order valence-corrected chi connectivity index (χ2v) is 4.20. The molecule has 0 aliphatic rings. The van der Waals surface area contributed by atoms with Crippen molar-refractivity contribution in [1.29, 1.82) is 0 Å². The van der Waals surface area contributed by atoms with Crippen molar-refractivity contribution in [2.45, 2.75) is 13.5 Å². The van der Waals surface area contributed by atoms with E-state index in [0.29, 0.717) is 12.1 Å². The first kappa shape index (κ1) is 13.6. The maximum atomic E-state index is 13.7. The Hall–Kier alpha value is -1.81. The minimum absolute atomic E-state index is 0.0669. The molecule has 19 heavy (non-hydrogen) atoms. The molecule has 0 fully saturated rings. The Bertz CT molecular complexity index is 582. The average molecular weight is 265 g/mol. The molecular weight excluding hydrogens is 251 g/mol. The Morgan fingerprint density at radius 1 is 1.00 bits per heavy atom. The fourth-order valence-corrected chi connectivity index (χ4v) is 1.87. The Balaban J connectivity index is 2.39. The summed E-state index contributed by atoms with van der Waals surface area (Å²) < 4.78 is 39.8. The van der Waals surface area contributed by atoms with E-state index in [-0.39, 0.29) is 5.56 Å². The van der Waals surface area contributed by atoms with Gasteiger partial charge in [0.25, 0.3) is 0 Å². The van der Waals surface area contributed by atoms with Crippen molar-refractivity contribution in [2.24, 2.45) is 0 Å². The Morgan fingerprint density at radius 2 is 1.79 bits per heavy atom. The van der Waals surface area contributed by atoms with Crippen LogP contribution in [0.25, 0.3) is 11.1 Å². The van der Waals surface area contributed by atoms with Crippen LogP contribution in [0.15, 0.2) is 36.4 Å². The average Bonchev–Trinajstić information content (AvgIpc) is 2.43. The summed E-state index contributed by atoms with van der Waals surface area (Å²) in [6.07, 6.45) is 0. The van der Waals surface area contributed by atoms with Gasteiger partial charge in [0.1, 0.15) is 0 Å². The van der Waals surface area contributed by atoms with Gasteiger partial charge < -0.3 is 5.32 Å². The first-order valence-corrected chi connectivity index (χ1v) is 6.07. The zero-order chi connectivity index (χ0) is 13.8. The van der Waals surface area contributed by atoms with Gasteiger partial charge in [-0.1, -0.05) is 25.1 Å². The van der Waals surface area contributed by atoms with Gasteiger partial charge >= 0.3 is 0 Å². The van der Waals surface area contributed by atoms with Gasteiger partial charge in [-0.3, -0.25) is 0 Å². The molecule has 2 rings (SSSR count). The van der Waals surface area contributed by atoms with E-state index < -0.39 is 17.5 Å². The lowest BCUT2D eigenvalue weighted by atomic mass is 10.0. The summed E-state index contributed by atoms with van der Waals surface area (Å²) in [5, 5.41) is 3.15. The highest BCUT2D eigenvalue weighted by molar-refractivity contribution is 5.65. The van der Waals surface area contributed by atoms with Crippen molar-refractivity contribution in [3.8, 4) is 11.1 Å². The maximum absolute atomic E-state index is 13.7. The van der Waals surface area contributed by atoms with Crippen LogP contribution < -0.4 is 5.32 Å². The van der Waals surface area contributed by atoms with Crippen LogP contribution in [0.5, 0.6) is 0 Å². The van der Waals surface area contributed by atoms with Crippen LogP contribution in [0.4, 0.5) is 13.2 Å². The van der Waals surface area contributed by atoms with E-state index in [0.717, 1.165) is 18.2 Å². The molecule has 2 aromatic rings. The van der Waals surface area contributed by atoms with Crippen LogP contribution in [0.3, 0.4) is 0 Å². The molecule has 0 amide bonds. The van der Waals surface area contributed by atoms with Crippen molar-refractivity contribution in [1.82, 2.24) is 5.32 Å². The van der Waals surface area contributed by atoms with Gasteiger partial charge in [-0.25, -0.2) is 13.2 Å². The first-order valence-electron chi connectivity index (χ1n) is 6.07. The van der Waals surface area contributed by atoms with Crippen molar-refractivity contribution in [3.63, 3.8) is 0 Å². The summed E-state index contributed by atoms with van der Waals surface area (Å²) in [5.74, 6) is -3.76. The molecule has 0 heterocycles. The van der Waals surface area contributed by atoms with Gasteiger partial charge in [0.2, 0.25) is 0 Å². The molecule has 0 spiro atoms. The molecule has 0 aromatic heterocycles. The molecular formula is C15H14F3N. The van der Waals surface area contributed by atoms with Crippen molar-refractivity contribution in [2.75, 3.05) is 6.54 Å². The normalized spacial score (nSPS) is 10.7. The molecule has 0 aliphatic carbocycles. The molecule has 1 N–H and O–H groups in total. The van der Waals surface area contributed by atoms with E-state index in [1.54, 1.807) is 18.2 Å². The van der Waals surface area contributed by atoms with Crippen LogP contribution in [0.2, 0.25) is 0 Å². The number of hydrogen-bond acceptors (Lipinski definition) is 1. The van der Waals surface area contributed by atoms with E-state index in [1.807, 2.05) is 13.0 Å². The van der Waals surface area contributed by atoms with Crippen molar-refractivity contribution in [3.05, 3.63) is 59.4 Å². The maximum Gasteiger partial charge on any atom is 0.195 e. The molecule has 0 atom stereocenters. The van der Waals surface area contributed by atoms with Crippen LogP contribution >= 0.6 is 0 Å². The molecule has 0 unspecified atom stereocenters. The number of halogens is 3. The molecule has 0 saturated carbocycles. The number of rotatable bonds is 4. The highest BCUT2D eigenvalue weighted by Gasteiger charge is 2.14. The molecule has 1 nitrogen and oxygen atoms in total. The molecule has 2 aromatic carbocycles. The predicted molar refractivity (Wildman–Crippen MR) is 69.1 cm³/mol. The molecule has 4 heteroatoms. The van der Waals surface area contributed by atoms with Gasteiger partial charge in [0, 0.05) is 12.1 Å². The molecule has 0 aliphatic heterocycles. The highest BCUT2D eigenvalue weighted by atomic mass is 19.2. The first-order chi connectivity index (χ1) is 9.13. The molecule has 100 valence electrons. The van der Waals surface area contributed by atoms with Gasteiger partial charge in [0.15, 0.2) is 17.5 Å². The monoisotopic (exact) mass is 265 g/mol. The van der Waals surface area contributed by atoms with Gasteiger partial charge in [-0.15, -0.1) is 0 Å². The number of hydrogen-bond donors (Lipinski definition) is 1. The van der Waals surface area contributed by atoms with E-state index >= 15 is 0 Å². The van der Waals surface area contributed by atoms with E-state index in [4.69, 9.17) is 0 Å². The lowest BCUT2D eigenvalue weighted by Crippen LogP contribution is -2.11. The van der Waals surface area contributed by atoms with Gasteiger partial charge in [-0.05, 0) is 35.9 Å². The second kappa shape index (κ2) is 5.89. The lowest BCUT2D eigenvalue weighted by Gasteiger charge is -2.08. The summed E-state index contributed by atoms with van der Waals surface area (Å²) in [5.41, 5.74) is 1.56. The van der Waals surface area contributed by atoms with Gasteiger partial charge in [-0.2, -0.15) is 0 Å². The Kier molecular flexibility index (Phi) is 4.22. The molecule has 0 radical (unpaired) electrons. The smallest absolute Gasteiger partial charge is 0.195 e. The minimum atomic E-state index is -1.44. The zero-order valence-electron chi connectivity index (χ0n) is 10.5. The topological polar surface area (TPSA) is 12.0 Å². The van der Waals surface area contributed by atoms with E-state index in [2.05, 4.69) is 5.32 Å². The fourth-order valence-electron chi connectivity index (χ4n) is 1.87. The minimum Gasteiger partial charge on any atom is -0.313 e. The standard InChI is InChI=1S/C15H14F3N/c1-2-19-9-10-4-3-5-11(8-10)12-6-7-13(16)15(18)14(12)17/h3-8,19H,2,9H2,1H3. The van der Waals surface area contributed by atoms with Crippen LogP contribution in [0, 0.1) is 17.5 Å². The predicted octanol–water partition coefficient (Wildman–Crippen LogP) is 3.88. The largest absolute Gasteiger partial charge is 0.313 e. The highest BCUT2D eigenvalue weighted by Crippen LogP contribution is 2.26. The summed E-state index contributed by atoms with van der Waals surface area (Å²) in [6, 6.07) is 9.28. The summed E-state index contributed by atoms with van der Waals surface area (Å²) in [7, 11) is 0. The van der Waals surface area contributed by atoms with Crippen molar-refractivity contribution >= 4 is 0 Å². The van der Waals surface area contributed by atoms with Crippen LogP contribution in [0.1, 0.15) is 12.5 Å². The summed E-state index contributed by atoms with van der Waals surface area (Å²) >= 11 is 0. The molecule has 0 bridgehead atoms. The fraction of sp³-hybridized carbons (Fsp3) is 0.200. The third-order valence-corrected chi connectivity index (χ3v) is 2.85. The van der Waals surface area contributed by atoms with E-state index in [9.17, 15) is 13.2 Å². The lowest BCUT2D eigenvalue weighted by molar-refractivity contribution is 0.449. The quantitative estimate of drug-likeness (QED) is 0.827. The van der Waals surface area contributed by atoms with E-state index in [1.165, 1.54) is 6.07 Å². The SMILES string of the molecule is CCNCc1cccc(-c2ccc(F)c(F)c2F)c1. The third-order valence-electron chi connectivity index (χ3n) is 2.85. The number of benzene rings is 2. The Morgan fingerprint density at radius 3 is 2.53 bits per heavy atom. The number of nitrogens with one attached hydrogen (secondary N) is 1. The van der Waals surface area contributed by atoms with Gasteiger partial charge in [0.05, 0.1) is 0 Å².